The Balaban J connectivity index is 1.69. The Morgan fingerprint density at radius 2 is 2.12 bits per heavy atom. The quantitative estimate of drug-likeness (QED) is 0.901. The fourth-order valence-electron chi connectivity index (χ4n) is 2.70. The Morgan fingerprint density at radius 3 is 2.76 bits per heavy atom. The molecule has 0 aliphatic carbocycles. The normalized spacial score (nSPS) is 16.7. The Labute approximate surface area is 146 Å². The van der Waals surface area contributed by atoms with Crippen LogP contribution in [0.2, 0.25) is 0 Å². The maximum absolute atomic E-state index is 13.7. The van der Waals surface area contributed by atoms with E-state index in [0.29, 0.717) is 17.9 Å². The number of amides is 1. The molecule has 1 aromatic carbocycles. The first-order valence-electron chi connectivity index (χ1n) is 8.24. The van der Waals surface area contributed by atoms with Crippen LogP contribution in [0.1, 0.15) is 23.2 Å². The van der Waals surface area contributed by atoms with Gasteiger partial charge in [-0.05, 0) is 25.0 Å². The van der Waals surface area contributed by atoms with Gasteiger partial charge in [-0.3, -0.25) is 4.79 Å². The van der Waals surface area contributed by atoms with Gasteiger partial charge in [-0.15, -0.1) is 0 Å². The van der Waals surface area contributed by atoms with Crippen LogP contribution >= 0.6 is 0 Å². The van der Waals surface area contributed by atoms with Gasteiger partial charge in [-0.25, -0.2) is 14.4 Å². The minimum Gasteiger partial charge on any atom is -0.376 e. The second-order valence-electron chi connectivity index (χ2n) is 6.18. The molecule has 0 radical (unpaired) electrons. The topological polar surface area (TPSA) is 67.4 Å². The highest BCUT2D eigenvalue weighted by Gasteiger charge is 2.17. The number of hydrogen-bond donors (Lipinski definition) is 1. The number of aromatic nitrogens is 2. The van der Waals surface area contributed by atoms with Crippen molar-refractivity contribution < 1.29 is 13.9 Å². The number of carbonyl (C=O) groups excluding carboxylic acids is 1. The first kappa shape index (κ1) is 17.3. The molecule has 1 aliphatic rings. The molecule has 0 saturated carbocycles. The third kappa shape index (κ3) is 4.11. The van der Waals surface area contributed by atoms with E-state index in [-0.39, 0.29) is 17.8 Å². The van der Waals surface area contributed by atoms with Crippen molar-refractivity contribution in [3.05, 3.63) is 41.8 Å². The molecule has 2 heterocycles. The Morgan fingerprint density at radius 1 is 1.36 bits per heavy atom. The molecule has 1 aromatic heterocycles. The van der Waals surface area contributed by atoms with E-state index in [1.165, 1.54) is 0 Å². The van der Waals surface area contributed by atoms with Crippen molar-refractivity contribution in [3.8, 4) is 11.4 Å². The van der Waals surface area contributed by atoms with Crippen molar-refractivity contribution in [1.29, 1.82) is 0 Å². The highest BCUT2D eigenvalue weighted by molar-refractivity contribution is 5.94. The fourth-order valence-corrected chi connectivity index (χ4v) is 2.70. The van der Waals surface area contributed by atoms with Crippen molar-refractivity contribution in [3.63, 3.8) is 0 Å². The minimum absolute atomic E-state index is 0.111. The van der Waals surface area contributed by atoms with Gasteiger partial charge in [0.25, 0.3) is 5.91 Å². The first-order valence-corrected chi connectivity index (χ1v) is 8.24. The van der Waals surface area contributed by atoms with Crippen LogP contribution in [0, 0.1) is 5.82 Å². The van der Waals surface area contributed by atoms with Gasteiger partial charge in [-0.2, -0.15) is 0 Å². The van der Waals surface area contributed by atoms with E-state index in [0.717, 1.165) is 31.2 Å². The largest absolute Gasteiger partial charge is 0.376 e. The zero-order valence-corrected chi connectivity index (χ0v) is 14.3. The second-order valence-corrected chi connectivity index (χ2v) is 6.18. The number of ether oxygens (including phenoxy) is 1. The molecular formula is C18H21FN4O2. The molecule has 0 bridgehead atoms. The molecule has 0 spiro atoms. The molecule has 3 rings (SSSR count). The third-order valence-corrected chi connectivity index (χ3v) is 4.07. The van der Waals surface area contributed by atoms with E-state index in [4.69, 9.17) is 4.74 Å². The molecule has 132 valence electrons. The average molecular weight is 344 g/mol. The molecule has 1 amide bonds. The van der Waals surface area contributed by atoms with Crippen LogP contribution in [0.4, 0.5) is 10.2 Å². The number of hydrogen-bond acceptors (Lipinski definition) is 5. The zero-order valence-electron chi connectivity index (χ0n) is 14.3. The lowest BCUT2D eigenvalue weighted by molar-refractivity contribution is 0.0858. The van der Waals surface area contributed by atoms with E-state index in [1.54, 1.807) is 43.3 Å². The summed E-state index contributed by atoms with van der Waals surface area (Å²) in [6.45, 7) is 1.29. The van der Waals surface area contributed by atoms with Crippen molar-refractivity contribution in [2.24, 2.45) is 0 Å². The van der Waals surface area contributed by atoms with Crippen molar-refractivity contribution >= 4 is 11.7 Å². The molecule has 0 unspecified atom stereocenters. The van der Waals surface area contributed by atoms with Gasteiger partial charge in [0.15, 0.2) is 17.5 Å². The molecule has 7 heteroatoms. The summed E-state index contributed by atoms with van der Waals surface area (Å²) in [5, 5.41) is 2.88. The summed E-state index contributed by atoms with van der Waals surface area (Å²) in [6.07, 6.45) is 3.29. The van der Waals surface area contributed by atoms with Crippen LogP contribution in [0.3, 0.4) is 0 Å². The molecular weight excluding hydrogens is 323 g/mol. The summed E-state index contributed by atoms with van der Waals surface area (Å²) >= 11 is 0. The third-order valence-electron chi connectivity index (χ3n) is 4.07. The lowest BCUT2D eigenvalue weighted by Crippen LogP contribution is -2.31. The van der Waals surface area contributed by atoms with Gasteiger partial charge in [0.2, 0.25) is 0 Å². The van der Waals surface area contributed by atoms with E-state index in [2.05, 4.69) is 15.3 Å². The average Bonchev–Trinajstić information content (AvgIpc) is 3.13. The Bertz CT molecular complexity index is 743. The van der Waals surface area contributed by atoms with Crippen LogP contribution in [0.5, 0.6) is 0 Å². The molecule has 1 atom stereocenters. The molecule has 2 aromatic rings. The van der Waals surface area contributed by atoms with Crippen molar-refractivity contribution in [2.75, 3.05) is 32.1 Å². The van der Waals surface area contributed by atoms with Gasteiger partial charge in [0.1, 0.15) is 0 Å². The van der Waals surface area contributed by atoms with Gasteiger partial charge >= 0.3 is 0 Å². The minimum atomic E-state index is -0.473. The highest BCUT2D eigenvalue weighted by Crippen LogP contribution is 2.20. The predicted molar refractivity (Wildman–Crippen MR) is 93.1 cm³/mol. The van der Waals surface area contributed by atoms with Crippen LogP contribution in [0.15, 0.2) is 30.5 Å². The second kappa shape index (κ2) is 7.57. The molecule has 1 fully saturated rings. The first-order chi connectivity index (χ1) is 12.0. The van der Waals surface area contributed by atoms with Gasteiger partial charge < -0.3 is 15.0 Å². The maximum atomic E-state index is 13.7. The summed E-state index contributed by atoms with van der Waals surface area (Å²) in [6, 6.07) is 6.94. The zero-order chi connectivity index (χ0) is 17.8. The van der Waals surface area contributed by atoms with Crippen LogP contribution in [-0.4, -0.2) is 49.2 Å². The number of nitrogens with zero attached hydrogens (tertiary/aromatic N) is 3. The summed E-state index contributed by atoms with van der Waals surface area (Å²) in [5.74, 6) is 0.0229. The molecule has 1 N–H and O–H groups in total. The molecule has 25 heavy (non-hydrogen) atoms. The van der Waals surface area contributed by atoms with Crippen molar-refractivity contribution in [2.45, 2.75) is 18.9 Å². The Kier molecular flexibility index (Phi) is 5.23. The Hall–Kier alpha value is -2.54. The summed E-state index contributed by atoms with van der Waals surface area (Å²) in [5.41, 5.74) is 1.27. The van der Waals surface area contributed by atoms with Gasteiger partial charge in [0.05, 0.1) is 12.3 Å². The van der Waals surface area contributed by atoms with E-state index in [1.807, 2.05) is 0 Å². The highest BCUT2D eigenvalue weighted by atomic mass is 19.1. The summed E-state index contributed by atoms with van der Waals surface area (Å²) in [4.78, 5) is 22.0. The monoisotopic (exact) mass is 344 g/mol. The van der Waals surface area contributed by atoms with Crippen molar-refractivity contribution in [1.82, 2.24) is 15.3 Å². The maximum Gasteiger partial charge on any atom is 0.251 e. The number of halogens is 1. The standard InChI is InChI=1S/C18H21FN4O2/c1-23(2)17-15(19)11-20-16(22-17)12-5-7-13(8-6-12)18(24)21-10-14-4-3-9-25-14/h5-8,11,14H,3-4,9-10H2,1-2H3,(H,21,24)/t14-/m1/s1. The van der Waals surface area contributed by atoms with Gasteiger partial charge in [-0.1, -0.05) is 12.1 Å². The number of rotatable bonds is 5. The van der Waals surface area contributed by atoms with Gasteiger partial charge in [0, 0.05) is 38.4 Å². The van der Waals surface area contributed by atoms with Crippen LogP contribution in [-0.2, 0) is 4.74 Å². The SMILES string of the molecule is CN(C)c1nc(-c2ccc(C(=O)NC[C@H]3CCCO3)cc2)ncc1F. The van der Waals surface area contributed by atoms with E-state index >= 15 is 0 Å². The number of carbonyl (C=O) groups is 1. The van der Waals surface area contributed by atoms with E-state index < -0.39 is 5.82 Å². The van der Waals surface area contributed by atoms with E-state index in [9.17, 15) is 9.18 Å². The molecule has 1 saturated heterocycles. The molecule has 6 nitrogen and oxygen atoms in total. The summed E-state index contributed by atoms with van der Waals surface area (Å²) in [7, 11) is 3.44. The number of benzene rings is 1. The summed E-state index contributed by atoms with van der Waals surface area (Å²) < 4.78 is 19.2. The smallest absolute Gasteiger partial charge is 0.251 e. The molecule has 1 aliphatic heterocycles. The lowest BCUT2D eigenvalue weighted by Gasteiger charge is -2.13. The predicted octanol–water partition coefficient (Wildman–Crippen LogP) is 2.26. The van der Waals surface area contributed by atoms with Crippen LogP contribution < -0.4 is 10.2 Å². The number of anilines is 1. The van der Waals surface area contributed by atoms with Crippen LogP contribution in [0.25, 0.3) is 11.4 Å². The number of nitrogens with one attached hydrogen (secondary N) is 1. The fraction of sp³-hybridized carbons (Fsp3) is 0.389. The lowest BCUT2D eigenvalue weighted by atomic mass is 10.1.